The Labute approximate surface area is 88.7 Å². The lowest BCUT2D eigenvalue weighted by molar-refractivity contribution is 0.139. The van der Waals surface area contributed by atoms with Gasteiger partial charge in [0.2, 0.25) is 0 Å². The van der Waals surface area contributed by atoms with Crippen LogP contribution in [0.3, 0.4) is 0 Å². The molecule has 1 aliphatic carbocycles. The van der Waals surface area contributed by atoms with Gasteiger partial charge in [0, 0.05) is 19.8 Å². The third-order valence-corrected chi connectivity index (χ3v) is 7.70. The van der Waals surface area contributed by atoms with Gasteiger partial charge >= 0.3 is 8.72 Å². The third-order valence-electron chi connectivity index (χ3n) is 3.41. The summed E-state index contributed by atoms with van der Waals surface area (Å²) in [6.07, 6.45) is 3.90. The van der Waals surface area contributed by atoms with Crippen molar-refractivity contribution in [2.24, 2.45) is 0 Å². The minimum atomic E-state index is -2.06. The number of hydrogen-bond acceptors (Lipinski definition) is 3. The molecule has 3 nitrogen and oxygen atoms in total. The van der Waals surface area contributed by atoms with Crippen molar-refractivity contribution >= 4 is 8.72 Å². The second-order valence-corrected chi connectivity index (χ2v) is 7.37. The Morgan fingerprint density at radius 1 is 1.14 bits per heavy atom. The zero-order chi connectivity index (χ0) is 10.6. The van der Waals surface area contributed by atoms with Crippen LogP contribution in [0.5, 0.6) is 0 Å². The van der Waals surface area contributed by atoms with Crippen LogP contribution in [0, 0.1) is 0 Å². The van der Waals surface area contributed by atoms with Crippen LogP contribution in [0.4, 0.5) is 0 Å². The van der Waals surface area contributed by atoms with Gasteiger partial charge in [0.15, 0.2) is 0 Å². The molecular formula is C10H23NO2Si. The topological polar surface area (TPSA) is 21.7 Å². The summed E-state index contributed by atoms with van der Waals surface area (Å²) in [6.45, 7) is 6.42. The molecule has 84 valence electrons. The van der Waals surface area contributed by atoms with Crippen molar-refractivity contribution in [2.75, 3.05) is 27.3 Å². The first-order chi connectivity index (χ1) is 6.75. The fourth-order valence-electron chi connectivity index (χ4n) is 2.37. The van der Waals surface area contributed by atoms with Crippen molar-refractivity contribution in [3.8, 4) is 0 Å². The van der Waals surface area contributed by atoms with Crippen molar-refractivity contribution < 1.29 is 8.85 Å². The van der Waals surface area contributed by atoms with Crippen molar-refractivity contribution in [1.82, 2.24) is 4.57 Å². The first kappa shape index (κ1) is 12.2. The van der Waals surface area contributed by atoms with E-state index in [0.29, 0.717) is 5.54 Å². The van der Waals surface area contributed by atoms with Crippen LogP contribution in [-0.4, -0.2) is 40.6 Å². The molecule has 0 aromatic rings. The maximum Gasteiger partial charge on any atom is 0.430 e. The lowest BCUT2D eigenvalue weighted by Crippen LogP contribution is -2.61. The highest BCUT2D eigenvalue weighted by Gasteiger charge is 2.51. The van der Waals surface area contributed by atoms with E-state index in [2.05, 4.69) is 18.4 Å². The molecule has 0 aromatic heterocycles. The molecule has 0 amide bonds. The van der Waals surface area contributed by atoms with Gasteiger partial charge in [0.05, 0.1) is 0 Å². The van der Waals surface area contributed by atoms with Crippen LogP contribution in [0.2, 0.25) is 5.54 Å². The van der Waals surface area contributed by atoms with Gasteiger partial charge in [-0.3, -0.25) is 4.57 Å². The zero-order valence-electron chi connectivity index (χ0n) is 9.88. The van der Waals surface area contributed by atoms with E-state index >= 15 is 0 Å². The van der Waals surface area contributed by atoms with Gasteiger partial charge in [-0.15, -0.1) is 0 Å². The molecule has 0 unspecified atom stereocenters. The van der Waals surface area contributed by atoms with Gasteiger partial charge in [-0.05, 0) is 25.9 Å². The zero-order valence-corrected chi connectivity index (χ0v) is 10.9. The average molecular weight is 217 g/mol. The highest BCUT2D eigenvalue weighted by atomic mass is 28.4. The molecular weight excluding hydrogens is 194 g/mol. The minimum Gasteiger partial charge on any atom is -0.386 e. The van der Waals surface area contributed by atoms with Crippen LogP contribution in [0.15, 0.2) is 0 Å². The van der Waals surface area contributed by atoms with Crippen LogP contribution in [0.1, 0.15) is 33.1 Å². The molecule has 1 fully saturated rings. The second-order valence-electron chi connectivity index (χ2n) is 3.84. The third kappa shape index (κ3) is 1.89. The molecule has 14 heavy (non-hydrogen) atoms. The van der Waals surface area contributed by atoms with Gasteiger partial charge in [-0.25, -0.2) is 0 Å². The molecule has 0 saturated heterocycles. The molecule has 0 atom stereocenters. The van der Waals surface area contributed by atoms with Crippen molar-refractivity contribution in [3.05, 3.63) is 0 Å². The highest BCUT2D eigenvalue weighted by Crippen LogP contribution is 2.42. The summed E-state index contributed by atoms with van der Waals surface area (Å²) < 4.78 is 14.0. The predicted molar refractivity (Wildman–Crippen MR) is 60.3 cm³/mol. The fourth-order valence-corrected chi connectivity index (χ4v) is 6.26. The maximum atomic E-state index is 5.78. The van der Waals surface area contributed by atoms with E-state index < -0.39 is 8.72 Å². The van der Waals surface area contributed by atoms with E-state index in [1.165, 1.54) is 19.3 Å². The van der Waals surface area contributed by atoms with Gasteiger partial charge in [-0.2, -0.15) is 0 Å². The largest absolute Gasteiger partial charge is 0.430 e. The lowest BCUT2D eigenvalue weighted by Gasteiger charge is -2.45. The van der Waals surface area contributed by atoms with Gasteiger partial charge < -0.3 is 8.85 Å². The molecule has 0 bridgehead atoms. The molecule has 0 N–H and O–H groups in total. The Morgan fingerprint density at radius 2 is 1.64 bits per heavy atom. The van der Waals surface area contributed by atoms with E-state index in [4.69, 9.17) is 8.85 Å². The van der Waals surface area contributed by atoms with E-state index in [9.17, 15) is 0 Å². The van der Waals surface area contributed by atoms with Crippen LogP contribution in [0.25, 0.3) is 0 Å². The average Bonchev–Trinajstić information content (AvgIpc) is 2.14. The van der Waals surface area contributed by atoms with E-state index in [1.807, 2.05) is 14.2 Å². The monoisotopic (exact) mass is 217 g/mol. The smallest absolute Gasteiger partial charge is 0.386 e. The summed E-state index contributed by atoms with van der Waals surface area (Å²) in [5, 5.41) is 0. The molecule has 1 rings (SSSR count). The Hall–Kier alpha value is 0.0969. The Morgan fingerprint density at radius 3 is 1.86 bits per heavy atom. The SMILES string of the molecule is CCN(CC)[Si](OC)(OC)C1CCC1. The number of rotatable bonds is 6. The Kier molecular flexibility index (Phi) is 4.57. The summed E-state index contributed by atoms with van der Waals surface area (Å²) in [5.74, 6) is 0. The second kappa shape index (κ2) is 5.26. The summed E-state index contributed by atoms with van der Waals surface area (Å²) in [7, 11) is 1.57. The molecule has 0 aromatic carbocycles. The van der Waals surface area contributed by atoms with Gasteiger partial charge in [0.25, 0.3) is 0 Å². The molecule has 1 saturated carbocycles. The first-order valence-electron chi connectivity index (χ1n) is 5.60. The Balaban J connectivity index is 2.76. The van der Waals surface area contributed by atoms with E-state index in [0.717, 1.165) is 13.1 Å². The van der Waals surface area contributed by atoms with Crippen molar-refractivity contribution in [3.63, 3.8) is 0 Å². The molecule has 0 aliphatic heterocycles. The lowest BCUT2D eigenvalue weighted by atomic mass is 10.00. The molecule has 1 aliphatic rings. The number of hydrogen-bond donors (Lipinski definition) is 0. The maximum absolute atomic E-state index is 5.78. The van der Waals surface area contributed by atoms with Crippen LogP contribution < -0.4 is 0 Å². The summed E-state index contributed by atoms with van der Waals surface area (Å²) >= 11 is 0. The number of nitrogens with zero attached hydrogens (tertiary/aromatic N) is 1. The van der Waals surface area contributed by atoms with Crippen LogP contribution >= 0.6 is 0 Å². The normalized spacial score (nSPS) is 18.6. The van der Waals surface area contributed by atoms with Crippen LogP contribution in [-0.2, 0) is 8.85 Å². The highest BCUT2D eigenvalue weighted by molar-refractivity contribution is 6.66. The van der Waals surface area contributed by atoms with E-state index in [-0.39, 0.29) is 0 Å². The minimum absolute atomic E-state index is 0.678. The molecule has 4 heteroatoms. The van der Waals surface area contributed by atoms with E-state index in [1.54, 1.807) is 0 Å². The fraction of sp³-hybridized carbons (Fsp3) is 1.00. The molecule has 0 spiro atoms. The van der Waals surface area contributed by atoms with Gasteiger partial charge in [0.1, 0.15) is 0 Å². The van der Waals surface area contributed by atoms with Crippen molar-refractivity contribution in [2.45, 2.75) is 38.7 Å². The Bertz CT molecular complexity index is 166. The predicted octanol–water partition coefficient (Wildman–Crippen LogP) is 2.11. The molecule has 0 radical (unpaired) electrons. The summed E-state index contributed by atoms with van der Waals surface area (Å²) in [4.78, 5) is 0. The first-order valence-corrected chi connectivity index (χ1v) is 7.44. The quantitative estimate of drug-likeness (QED) is 0.636. The van der Waals surface area contributed by atoms with Crippen molar-refractivity contribution in [1.29, 1.82) is 0 Å². The standard InChI is InChI=1S/C10H23NO2Si/c1-5-11(6-2)14(12-3,13-4)10-8-7-9-10/h10H,5-9H2,1-4H3. The molecule has 0 heterocycles. The van der Waals surface area contributed by atoms with Gasteiger partial charge in [-0.1, -0.05) is 20.3 Å². The summed E-state index contributed by atoms with van der Waals surface area (Å²) in [6, 6.07) is 0. The summed E-state index contributed by atoms with van der Waals surface area (Å²) in [5.41, 5.74) is 0.678.